The number of nitrogens with zero attached hydrogens (tertiary/aromatic N) is 1. The zero-order valence-electron chi connectivity index (χ0n) is 23.2. The van der Waals surface area contributed by atoms with Crippen molar-refractivity contribution < 1.29 is 8.83 Å². The predicted molar refractivity (Wildman–Crippen MR) is 179 cm³/mol. The maximum atomic E-state index is 6.34. The van der Waals surface area contributed by atoms with Crippen molar-refractivity contribution in [1.29, 1.82) is 0 Å². The van der Waals surface area contributed by atoms with Gasteiger partial charge < -0.3 is 13.7 Å². The largest absolute Gasteiger partial charge is 0.456 e. The van der Waals surface area contributed by atoms with E-state index in [1.807, 2.05) is 24.3 Å². The van der Waals surface area contributed by atoms with Gasteiger partial charge in [-0.1, -0.05) is 91.0 Å². The SMILES string of the molecule is c1ccc(N(c2ccc3ccccc3c2)c2ccc3c(c2)oc2ccccc23)c(-c2ccc3oc4ccccc4c3c2)c1. The Morgan fingerprint density at radius 1 is 0.372 bits per heavy atom. The van der Waals surface area contributed by atoms with Crippen molar-refractivity contribution >= 4 is 71.7 Å². The number of anilines is 3. The lowest BCUT2D eigenvalue weighted by Gasteiger charge is -2.28. The van der Waals surface area contributed by atoms with Gasteiger partial charge in [-0.2, -0.15) is 0 Å². The molecule has 0 aliphatic carbocycles. The Bertz CT molecular complexity index is 2480. The van der Waals surface area contributed by atoms with Crippen LogP contribution in [0.4, 0.5) is 17.1 Å². The molecule has 0 aliphatic rings. The summed E-state index contributed by atoms with van der Waals surface area (Å²) in [6, 6.07) is 53.3. The standard InChI is InChI=1S/C40H25NO2/c1-2-10-27-23-29(19-17-26(27)9-1)41(30-20-21-34-32-12-4-7-15-37(32)43-40(34)25-30)36-14-6-3-11-31(36)28-18-22-39-35(24-28)33-13-5-8-16-38(33)42-39/h1-25H. The van der Waals surface area contributed by atoms with E-state index in [-0.39, 0.29) is 0 Å². The summed E-state index contributed by atoms with van der Waals surface area (Å²) in [5.74, 6) is 0. The first-order chi connectivity index (χ1) is 21.3. The fourth-order valence-corrected chi connectivity index (χ4v) is 6.40. The molecule has 0 unspecified atom stereocenters. The fourth-order valence-electron chi connectivity index (χ4n) is 6.40. The Labute approximate surface area is 247 Å². The van der Waals surface area contributed by atoms with Crippen LogP contribution in [-0.4, -0.2) is 0 Å². The number of benzene rings is 7. The van der Waals surface area contributed by atoms with Crippen LogP contribution in [0.15, 0.2) is 160 Å². The van der Waals surface area contributed by atoms with Crippen molar-refractivity contribution in [3.8, 4) is 11.1 Å². The zero-order valence-corrected chi connectivity index (χ0v) is 23.2. The Hall–Kier alpha value is -5.80. The summed E-state index contributed by atoms with van der Waals surface area (Å²) < 4.78 is 12.5. The molecular weight excluding hydrogens is 526 g/mol. The van der Waals surface area contributed by atoms with Crippen molar-refractivity contribution in [2.75, 3.05) is 4.90 Å². The lowest BCUT2D eigenvalue weighted by Crippen LogP contribution is -2.11. The number of rotatable bonds is 4. The maximum absolute atomic E-state index is 6.34. The van der Waals surface area contributed by atoms with Crippen LogP contribution in [-0.2, 0) is 0 Å². The quantitative estimate of drug-likeness (QED) is 0.218. The summed E-state index contributed by atoms with van der Waals surface area (Å²) in [4.78, 5) is 2.34. The average molecular weight is 552 g/mol. The van der Waals surface area contributed by atoms with E-state index in [1.54, 1.807) is 0 Å². The first kappa shape index (κ1) is 23.9. The monoisotopic (exact) mass is 551 g/mol. The summed E-state index contributed by atoms with van der Waals surface area (Å²) in [6.45, 7) is 0. The molecular formula is C40H25NO2. The molecule has 9 rings (SSSR count). The molecule has 0 N–H and O–H groups in total. The number of para-hydroxylation sites is 3. The third-order valence-corrected chi connectivity index (χ3v) is 8.44. The normalized spacial score (nSPS) is 11.7. The summed E-state index contributed by atoms with van der Waals surface area (Å²) in [7, 11) is 0. The molecule has 9 aromatic rings. The van der Waals surface area contributed by atoms with Crippen molar-refractivity contribution in [2.45, 2.75) is 0 Å². The van der Waals surface area contributed by atoms with Crippen LogP contribution in [0.2, 0.25) is 0 Å². The molecule has 0 radical (unpaired) electrons. The lowest BCUT2D eigenvalue weighted by molar-refractivity contribution is 0.668. The Balaban J connectivity index is 1.28. The minimum absolute atomic E-state index is 0.869. The third kappa shape index (κ3) is 3.83. The van der Waals surface area contributed by atoms with Gasteiger partial charge in [-0.05, 0) is 70.9 Å². The first-order valence-corrected chi connectivity index (χ1v) is 14.5. The molecule has 0 saturated heterocycles. The average Bonchev–Trinajstić information content (AvgIpc) is 3.63. The number of hydrogen-bond acceptors (Lipinski definition) is 3. The Morgan fingerprint density at radius 3 is 1.84 bits per heavy atom. The maximum Gasteiger partial charge on any atom is 0.137 e. The highest BCUT2D eigenvalue weighted by atomic mass is 16.3. The molecule has 0 saturated carbocycles. The molecule has 0 aliphatic heterocycles. The van der Waals surface area contributed by atoms with E-state index in [0.29, 0.717) is 0 Å². The van der Waals surface area contributed by atoms with Gasteiger partial charge in [0, 0.05) is 44.5 Å². The van der Waals surface area contributed by atoms with Gasteiger partial charge in [0.25, 0.3) is 0 Å². The van der Waals surface area contributed by atoms with Gasteiger partial charge >= 0.3 is 0 Å². The lowest BCUT2D eigenvalue weighted by atomic mass is 9.99. The van der Waals surface area contributed by atoms with E-state index in [0.717, 1.165) is 72.1 Å². The summed E-state index contributed by atoms with van der Waals surface area (Å²) in [5.41, 5.74) is 9.02. The van der Waals surface area contributed by atoms with E-state index in [9.17, 15) is 0 Å². The predicted octanol–water partition coefficient (Wildman–Crippen LogP) is 11.8. The second kappa shape index (κ2) is 9.37. The van der Waals surface area contributed by atoms with Gasteiger partial charge in [-0.3, -0.25) is 0 Å². The van der Waals surface area contributed by atoms with Crippen LogP contribution in [0, 0.1) is 0 Å². The van der Waals surface area contributed by atoms with Crippen LogP contribution in [0.3, 0.4) is 0 Å². The van der Waals surface area contributed by atoms with E-state index in [1.165, 1.54) is 10.8 Å². The van der Waals surface area contributed by atoms with Gasteiger partial charge in [-0.15, -0.1) is 0 Å². The number of fused-ring (bicyclic) bond motifs is 7. The number of hydrogen-bond donors (Lipinski definition) is 0. The minimum Gasteiger partial charge on any atom is -0.456 e. The van der Waals surface area contributed by atoms with Gasteiger partial charge in [-0.25, -0.2) is 0 Å². The molecule has 43 heavy (non-hydrogen) atoms. The Kier molecular flexibility index (Phi) is 5.20. The highest BCUT2D eigenvalue weighted by Gasteiger charge is 2.20. The molecule has 0 bridgehead atoms. The van der Waals surface area contributed by atoms with E-state index in [2.05, 4.69) is 132 Å². The summed E-state index contributed by atoms with van der Waals surface area (Å²) >= 11 is 0. The van der Waals surface area contributed by atoms with Crippen molar-refractivity contribution in [1.82, 2.24) is 0 Å². The Morgan fingerprint density at radius 2 is 0.977 bits per heavy atom. The second-order valence-corrected chi connectivity index (χ2v) is 11.0. The zero-order chi connectivity index (χ0) is 28.3. The second-order valence-electron chi connectivity index (χ2n) is 11.0. The molecule has 3 nitrogen and oxygen atoms in total. The third-order valence-electron chi connectivity index (χ3n) is 8.44. The van der Waals surface area contributed by atoms with Crippen LogP contribution >= 0.6 is 0 Å². The van der Waals surface area contributed by atoms with Crippen molar-refractivity contribution in [3.63, 3.8) is 0 Å². The van der Waals surface area contributed by atoms with Gasteiger partial charge in [0.1, 0.15) is 22.3 Å². The highest BCUT2D eigenvalue weighted by molar-refractivity contribution is 6.08. The van der Waals surface area contributed by atoms with Gasteiger partial charge in [0.15, 0.2) is 0 Å². The van der Waals surface area contributed by atoms with E-state index < -0.39 is 0 Å². The highest BCUT2D eigenvalue weighted by Crippen LogP contribution is 2.44. The molecule has 2 heterocycles. The summed E-state index contributed by atoms with van der Waals surface area (Å²) in [6.07, 6.45) is 0. The van der Waals surface area contributed by atoms with Crippen LogP contribution < -0.4 is 4.90 Å². The molecule has 0 amide bonds. The van der Waals surface area contributed by atoms with Gasteiger partial charge in [0.05, 0.1) is 5.69 Å². The molecule has 2 aromatic heterocycles. The molecule has 0 fully saturated rings. The first-order valence-electron chi connectivity index (χ1n) is 14.5. The molecule has 3 heteroatoms. The van der Waals surface area contributed by atoms with Crippen molar-refractivity contribution in [3.05, 3.63) is 152 Å². The van der Waals surface area contributed by atoms with E-state index in [4.69, 9.17) is 8.83 Å². The van der Waals surface area contributed by atoms with Crippen LogP contribution in [0.1, 0.15) is 0 Å². The van der Waals surface area contributed by atoms with Gasteiger partial charge in [0.2, 0.25) is 0 Å². The molecule has 0 spiro atoms. The van der Waals surface area contributed by atoms with Crippen LogP contribution in [0.25, 0.3) is 65.8 Å². The smallest absolute Gasteiger partial charge is 0.137 e. The molecule has 202 valence electrons. The fraction of sp³-hybridized carbons (Fsp3) is 0. The van der Waals surface area contributed by atoms with Crippen molar-refractivity contribution in [2.24, 2.45) is 0 Å². The topological polar surface area (TPSA) is 29.5 Å². The summed E-state index contributed by atoms with van der Waals surface area (Å²) in [5, 5.41) is 6.89. The van der Waals surface area contributed by atoms with E-state index >= 15 is 0 Å². The molecule has 7 aromatic carbocycles. The molecule has 0 atom stereocenters. The van der Waals surface area contributed by atoms with Crippen LogP contribution in [0.5, 0.6) is 0 Å². The minimum atomic E-state index is 0.869. The number of furan rings is 2.